The second-order valence-electron chi connectivity index (χ2n) is 4.06. The third kappa shape index (κ3) is 4.19. The van der Waals surface area contributed by atoms with Gasteiger partial charge in [0.05, 0.1) is 6.10 Å². The van der Waals surface area contributed by atoms with Gasteiger partial charge in [0.2, 0.25) is 0 Å². The molecule has 1 aromatic carbocycles. The topological polar surface area (TPSA) is 35.5 Å². The predicted octanol–water partition coefficient (Wildman–Crippen LogP) is 3.11. The van der Waals surface area contributed by atoms with E-state index in [0.717, 1.165) is 18.4 Å². The first-order valence-electron chi connectivity index (χ1n) is 5.97. The summed E-state index contributed by atoms with van der Waals surface area (Å²) in [5, 5.41) is 0. The lowest BCUT2D eigenvalue weighted by molar-refractivity contribution is -0.160. The van der Waals surface area contributed by atoms with Crippen LogP contribution in [0.5, 0.6) is 0 Å². The van der Waals surface area contributed by atoms with Crippen molar-refractivity contribution < 1.29 is 14.3 Å². The minimum absolute atomic E-state index is 0.0612. The second-order valence-corrected chi connectivity index (χ2v) is 4.06. The summed E-state index contributed by atoms with van der Waals surface area (Å²) in [6.07, 6.45) is 1.18. The van der Waals surface area contributed by atoms with Gasteiger partial charge in [0.1, 0.15) is 0 Å². The summed E-state index contributed by atoms with van der Waals surface area (Å²) in [7, 11) is 1.52. The Bertz CT molecular complexity index is 335. The molecule has 0 N–H and O–H groups in total. The Kier molecular flexibility index (Phi) is 5.70. The Labute approximate surface area is 103 Å². The number of esters is 1. The molecule has 2 atom stereocenters. The van der Waals surface area contributed by atoms with Crippen LogP contribution in [0, 0.1) is 0 Å². The summed E-state index contributed by atoms with van der Waals surface area (Å²) < 4.78 is 10.5. The molecule has 0 aliphatic rings. The number of benzene rings is 1. The van der Waals surface area contributed by atoms with E-state index in [9.17, 15) is 4.79 Å². The highest BCUT2D eigenvalue weighted by Gasteiger charge is 2.22. The van der Waals surface area contributed by atoms with Crippen LogP contribution < -0.4 is 0 Å². The van der Waals surface area contributed by atoms with Crippen LogP contribution in [-0.4, -0.2) is 19.2 Å². The van der Waals surface area contributed by atoms with Crippen molar-refractivity contribution in [2.24, 2.45) is 0 Å². The van der Waals surface area contributed by atoms with Gasteiger partial charge in [0.15, 0.2) is 6.10 Å². The molecular formula is C14H20O3. The number of ether oxygens (including phenoxy) is 2. The molecule has 0 heterocycles. The van der Waals surface area contributed by atoms with Gasteiger partial charge in [-0.2, -0.15) is 0 Å². The molecule has 0 fully saturated rings. The van der Waals surface area contributed by atoms with E-state index < -0.39 is 6.10 Å². The van der Waals surface area contributed by atoms with E-state index in [-0.39, 0.29) is 12.1 Å². The predicted molar refractivity (Wildman–Crippen MR) is 66.7 cm³/mol. The second kappa shape index (κ2) is 7.07. The largest absolute Gasteiger partial charge is 0.460 e. The molecule has 0 spiro atoms. The molecule has 0 saturated heterocycles. The van der Waals surface area contributed by atoms with Crippen LogP contribution >= 0.6 is 0 Å². The van der Waals surface area contributed by atoms with Gasteiger partial charge in [0.25, 0.3) is 0 Å². The molecule has 3 heteroatoms. The van der Waals surface area contributed by atoms with Crippen LogP contribution in [0.15, 0.2) is 30.3 Å². The number of hydrogen-bond acceptors (Lipinski definition) is 3. The van der Waals surface area contributed by atoms with Crippen LogP contribution in [0.2, 0.25) is 0 Å². The van der Waals surface area contributed by atoms with E-state index in [1.54, 1.807) is 0 Å². The molecule has 0 amide bonds. The fraction of sp³-hybridized carbons (Fsp3) is 0.500. The summed E-state index contributed by atoms with van der Waals surface area (Å²) >= 11 is 0. The first kappa shape index (κ1) is 13.7. The first-order chi connectivity index (χ1) is 8.19. The minimum atomic E-state index is -0.629. The standard InChI is InChI=1S/C14H20O3/c1-4-8-11(2)17-14(15)13(16-3)12-9-6-5-7-10-12/h5-7,9-11,13H,4,8H2,1-3H3/t11-,13+/m0/s1. The lowest BCUT2D eigenvalue weighted by Crippen LogP contribution is -2.22. The quantitative estimate of drug-likeness (QED) is 0.712. The Morgan fingerprint density at radius 2 is 1.94 bits per heavy atom. The molecule has 0 unspecified atom stereocenters. The van der Waals surface area contributed by atoms with Crippen molar-refractivity contribution in [1.82, 2.24) is 0 Å². The van der Waals surface area contributed by atoms with Crippen molar-refractivity contribution in [3.8, 4) is 0 Å². The van der Waals surface area contributed by atoms with E-state index in [2.05, 4.69) is 6.92 Å². The molecule has 0 radical (unpaired) electrons. The van der Waals surface area contributed by atoms with Crippen molar-refractivity contribution in [2.75, 3.05) is 7.11 Å². The summed E-state index contributed by atoms with van der Waals surface area (Å²) in [4.78, 5) is 11.9. The van der Waals surface area contributed by atoms with Crippen molar-refractivity contribution in [3.05, 3.63) is 35.9 Å². The van der Waals surface area contributed by atoms with Crippen molar-refractivity contribution in [2.45, 2.75) is 38.9 Å². The third-order valence-corrected chi connectivity index (χ3v) is 2.56. The van der Waals surface area contributed by atoms with Crippen LogP contribution in [0.3, 0.4) is 0 Å². The van der Waals surface area contributed by atoms with Gasteiger partial charge < -0.3 is 9.47 Å². The fourth-order valence-electron chi connectivity index (χ4n) is 1.72. The van der Waals surface area contributed by atoms with Gasteiger partial charge in [0, 0.05) is 7.11 Å². The molecule has 0 aliphatic carbocycles. The number of rotatable bonds is 6. The maximum Gasteiger partial charge on any atom is 0.340 e. The van der Waals surface area contributed by atoms with E-state index in [4.69, 9.17) is 9.47 Å². The molecule has 3 nitrogen and oxygen atoms in total. The zero-order chi connectivity index (χ0) is 12.7. The van der Waals surface area contributed by atoms with Crippen molar-refractivity contribution in [3.63, 3.8) is 0 Å². The Hall–Kier alpha value is -1.35. The highest BCUT2D eigenvalue weighted by Crippen LogP contribution is 2.19. The van der Waals surface area contributed by atoms with Crippen LogP contribution in [0.25, 0.3) is 0 Å². The number of carbonyl (C=O) groups is 1. The molecule has 1 rings (SSSR count). The highest BCUT2D eigenvalue weighted by atomic mass is 16.6. The molecule has 0 bridgehead atoms. The average Bonchev–Trinajstić information content (AvgIpc) is 2.31. The van der Waals surface area contributed by atoms with Gasteiger partial charge in [-0.1, -0.05) is 43.7 Å². The molecule has 0 aliphatic heterocycles. The SMILES string of the molecule is CCC[C@H](C)OC(=O)[C@H](OC)c1ccccc1. The Balaban J connectivity index is 2.65. The summed E-state index contributed by atoms with van der Waals surface area (Å²) in [6.45, 7) is 3.97. The molecule has 0 aromatic heterocycles. The van der Waals surface area contributed by atoms with Gasteiger partial charge in [-0.3, -0.25) is 0 Å². The Morgan fingerprint density at radius 1 is 1.29 bits per heavy atom. The van der Waals surface area contributed by atoms with Crippen LogP contribution in [0.4, 0.5) is 0 Å². The van der Waals surface area contributed by atoms with E-state index >= 15 is 0 Å². The van der Waals surface area contributed by atoms with Crippen LogP contribution in [-0.2, 0) is 14.3 Å². The summed E-state index contributed by atoms with van der Waals surface area (Å²) in [6, 6.07) is 9.38. The van der Waals surface area contributed by atoms with E-state index in [0.29, 0.717) is 0 Å². The van der Waals surface area contributed by atoms with E-state index in [1.165, 1.54) is 7.11 Å². The molecule has 1 aromatic rings. The first-order valence-corrected chi connectivity index (χ1v) is 5.97. The lowest BCUT2D eigenvalue weighted by Gasteiger charge is -2.18. The summed E-state index contributed by atoms with van der Waals surface area (Å²) in [5.74, 6) is -0.320. The number of methoxy groups -OCH3 is 1. The third-order valence-electron chi connectivity index (χ3n) is 2.56. The average molecular weight is 236 g/mol. The van der Waals surface area contributed by atoms with Crippen molar-refractivity contribution in [1.29, 1.82) is 0 Å². The molecule has 0 saturated carbocycles. The zero-order valence-electron chi connectivity index (χ0n) is 10.7. The van der Waals surface area contributed by atoms with Gasteiger partial charge in [-0.15, -0.1) is 0 Å². The zero-order valence-corrected chi connectivity index (χ0v) is 10.7. The highest BCUT2D eigenvalue weighted by molar-refractivity contribution is 5.76. The number of hydrogen-bond donors (Lipinski definition) is 0. The normalized spacial score (nSPS) is 14.1. The van der Waals surface area contributed by atoms with Crippen molar-refractivity contribution >= 4 is 5.97 Å². The van der Waals surface area contributed by atoms with Gasteiger partial charge >= 0.3 is 5.97 Å². The smallest absolute Gasteiger partial charge is 0.340 e. The van der Waals surface area contributed by atoms with Gasteiger partial charge in [-0.25, -0.2) is 4.79 Å². The maximum absolute atomic E-state index is 11.9. The van der Waals surface area contributed by atoms with Gasteiger partial charge in [-0.05, 0) is 18.9 Å². The number of carbonyl (C=O) groups excluding carboxylic acids is 1. The monoisotopic (exact) mass is 236 g/mol. The minimum Gasteiger partial charge on any atom is -0.460 e. The maximum atomic E-state index is 11.9. The fourth-order valence-corrected chi connectivity index (χ4v) is 1.72. The molecule has 17 heavy (non-hydrogen) atoms. The van der Waals surface area contributed by atoms with Crippen LogP contribution in [0.1, 0.15) is 38.4 Å². The summed E-state index contributed by atoms with van der Waals surface area (Å²) in [5.41, 5.74) is 0.823. The van der Waals surface area contributed by atoms with E-state index in [1.807, 2.05) is 37.3 Å². The lowest BCUT2D eigenvalue weighted by atomic mass is 10.1. The molecule has 94 valence electrons. The Morgan fingerprint density at radius 3 is 2.47 bits per heavy atom. The molecular weight excluding hydrogens is 216 g/mol.